The highest BCUT2D eigenvalue weighted by Crippen LogP contribution is 2.29. The van der Waals surface area contributed by atoms with Gasteiger partial charge in [-0.25, -0.2) is 0 Å². The minimum atomic E-state index is -0.331. The third-order valence-corrected chi connectivity index (χ3v) is 2.94. The zero-order chi connectivity index (χ0) is 10.1. The average Bonchev–Trinajstić information content (AvgIpc) is 2.62. The predicted octanol–water partition coefficient (Wildman–Crippen LogP) is 1.92. The second kappa shape index (κ2) is 3.73. The number of benzene rings is 1. The molecule has 14 heavy (non-hydrogen) atoms. The van der Waals surface area contributed by atoms with E-state index in [2.05, 4.69) is 20.9 Å². The Morgan fingerprint density at radius 2 is 2.29 bits per heavy atom. The Labute approximate surface area is 90.1 Å². The van der Waals surface area contributed by atoms with E-state index in [-0.39, 0.29) is 12.6 Å². The highest BCUT2D eigenvalue weighted by Gasteiger charge is 2.12. The van der Waals surface area contributed by atoms with Crippen LogP contribution in [0.15, 0.2) is 28.9 Å². The predicted molar refractivity (Wildman–Crippen MR) is 60.0 cm³/mol. The van der Waals surface area contributed by atoms with E-state index in [9.17, 15) is 0 Å². The lowest BCUT2D eigenvalue weighted by molar-refractivity contribution is 0.268. The molecule has 2 aromatic rings. The van der Waals surface area contributed by atoms with E-state index in [4.69, 9.17) is 10.8 Å². The van der Waals surface area contributed by atoms with Gasteiger partial charge in [0.1, 0.15) is 0 Å². The van der Waals surface area contributed by atoms with Gasteiger partial charge in [-0.15, -0.1) is 0 Å². The molecule has 1 heterocycles. The summed E-state index contributed by atoms with van der Waals surface area (Å²) in [7, 11) is 0. The summed E-state index contributed by atoms with van der Waals surface area (Å²) in [6, 6.07) is 5.57. The molecule has 0 radical (unpaired) electrons. The van der Waals surface area contributed by atoms with Gasteiger partial charge in [0, 0.05) is 21.6 Å². The maximum atomic E-state index is 9.00. The van der Waals surface area contributed by atoms with Crippen LogP contribution in [0.1, 0.15) is 11.6 Å². The maximum Gasteiger partial charge on any atom is 0.0625 e. The standard InChI is InChI=1S/C10H11BrN2O/c11-7-2-1-3-9-10(7)6(4-13-9)8(12)5-14/h1-4,8,13-14H,5,12H2. The van der Waals surface area contributed by atoms with Crippen LogP contribution in [0.3, 0.4) is 0 Å². The molecule has 0 saturated heterocycles. The van der Waals surface area contributed by atoms with E-state index >= 15 is 0 Å². The smallest absolute Gasteiger partial charge is 0.0625 e. The number of hydrogen-bond acceptors (Lipinski definition) is 2. The van der Waals surface area contributed by atoms with Crippen molar-refractivity contribution in [2.75, 3.05) is 6.61 Å². The molecule has 0 aliphatic carbocycles. The number of hydrogen-bond donors (Lipinski definition) is 3. The first-order chi connectivity index (χ1) is 6.74. The van der Waals surface area contributed by atoms with Gasteiger partial charge in [0.05, 0.1) is 12.6 Å². The Morgan fingerprint density at radius 3 is 3.00 bits per heavy atom. The second-order valence-electron chi connectivity index (χ2n) is 3.20. The Bertz CT molecular complexity index is 452. The Hall–Kier alpha value is -0.840. The molecule has 0 amide bonds. The van der Waals surface area contributed by atoms with Crippen molar-refractivity contribution in [1.82, 2.24) is 4.98 Å². The number of nitrogens with two attached hydrogens (primary N) is 1. The minimum Gasteiger partial charge on any atom is -0.394 e. The summed E-state index contributed by atoms with van der Waals surface area (Å²) in [6.07, 6.45) is 1.84. The van der Waals surface area contributed by atoms with Crippen molar-refractivity contribution in [2.45, 2.75) is 6.04 Å². The Balaban J connectivity index is 2.67. The second-order valence-corrected chi connectivity index (χ2v) is 4.05. The van der Waals surface area contributed by atoms with E-state index in [0.29, 0.717) is 0 Å². The summed E-state index contributed by atoms with van der Waals surface area (Å²) in [6.45, 7) is -0.0473. The quantitative estimate of drug-likeness (QED) is 0.767. The zero-order valence-corrected chi connectivity index (χ0v) is 9.08. The molecule has 4 N–H and O–H groups in total. The topological polar surface area (TPSA) is 62.0 Å². The Kier molecular flexibility index (Phi) is 2.58. The molecule has 2 rings (SSSR count). The number of aromatic nitrogens is 1. The van der Waals surface area contributed by atoms with Crippen LogP contribution in [-0.2, 0) is 0 Å². The first kappa shape index (κ1) is 9.71. The van der Waals surface area contributed by atoms with Crippen LogP contribution in [0, 0.1) is 0 Å². The van der Waals surface area contributed by atoms with E-state index in [0.717, 1.165) is 20.9 Å². The van der Waals surface area contributed by atoms with Crippen molar-refractivity contribution < 1.29 is 5.11 Å². The van der Waals surface area contributed by atoms with E-state index in [1.807, 2.05) is 24.4 Å². The molecular weight excluding hydrogens is 244 g/mol. The van der Waals surface area contributed by atoms with Gasteiger partial charge in [-0.2, -0.15) is 0 Å². The molecule has 1 aromatic carbocycles. The normalized spacial score (nSPS) is 13.4. The lowest BCUT2D eigenvalue weighted by atomic mass is 10.1. The summed E-state index contributed by atoms with van der Waals surface area (Å²) in [4.78, 5) is 3.12. The molecule has 0 aliphatic heterocycles. The number of fused-ring (bicyclic) bond motifs is 1. The number of rotatable bonds is 2. The summed E-state index contributed by atoms with van der Waals surface area (Å²) in [5, 5.41) is 10.1. The van der Waals surface area contributed by atoms with Crippen LogP contribution >= 0.6 is 15.9 Å². The number of aromatic amines is 1. The van der Waals surface area contributed by atoms with Crippen molar-refractivity contribution in [3.63, 3.8) is 0 Å². The number of aliphatic hydroxyl groups excluding tert-OH is 1. The fourth-order valence-corrected chi connectivity index (χ4v) is 2.15. The van der Waals surface area contributed by atoms with Gasteiger partial charge in [-0.1, -0.05) is 22.0 Å². The Morgan fingerprint density at radius 1 is 1.50 bits per heavy atom. The average molecular weight is 255 g/mol. The number of nitrogens with one attached hydrogen (secondary N) is 1. The lowest BCUT2D eigenvalue weighted by Crippen LogP contribution is -2.13. The van der Waals surface area contributed by atoms with Crippen LogP contribution in [0.2, 0.25) is 0 Å². The van der Waals surface area contributed by atoms with Gasteiger partial charge >= 0.3 is 0 Å². The molecule has 0 aliphatic rings. The number of H-pyrrole nitrogens is 1. The van der Waals surface area contributed by atoms with Crippen LogP contribution in [0.5, 0.6) is 0 Å². The van der Waals surface area contributed by atoms with Gasteiger partial charge in [0.2, 0.25) is 0 Å². The van der Waals surface area contributed by atoms with Crippen LogP contribution in [0.4, 0.5) is 0 Å². The monoisotopic (exact) mass is 254 g/mol. The van der Waals surface area contributed by atoms with E-state index in [1.54, 1.807) is 0 Å². The summed E-state index contributed by atoms with van der Waals surface area (Å²) in [5.41, 5.74) is 7.75. The van der Waals surface area contributed by atoms with Crippen LogP contribution in [0.25, 0.3) is 10.9 Å². The van der Waals surface area contributed by atoms with Crippen LogP contribution < -0.4 is 5.73 Å². The van der Waals surface area contributed by atoms with Crippen molar-refractivity contribution in [3.05, 3.63) is 34.4 Å². The molecule has 0 bridgehead atoms. The first-order valence-corrected chi connectivity index (χ1v) is 5.15. The molecular formula is C10H11BrN2O. The van der Waals surface area contributed by atoms with Crippen molar-refractivity contribution >= 4 is 26.8 Å². The third-order valence-electron chi connectivity index (χ3n) is 2.28. The highest BCUT2D eigenvalue weighted by atomic mass is 79.9. The molecule has 1 atom stereocenters. The summed E-state index contributed by atoms with van der Waals surface area (Å²) >= 11 is 3.47. The number of halogens is 1. The van der Waals surface area contributed by atoms with Crippen LogP contribution in [-0.4, -0.2) is 16.7 Å². The minimum absolute atomic E-state index is 0.0473. The maximum absolute atomic E-state index is 9.00. The summed E-state index contributed by atoms with van der Waals surface area (Å²) in [5.74, 6) is 0. The van der Waals surface area contributed by atoms with Crippen molar-refractivity contribution in [2.24, 2.45) is 5.73 Å². The summed E-state index contributed by atoms with van der Waals surface area (Å²) < 4.78 is 0.996. The molecule has 0 saturated carbocycles. The first-order valence-electron chi connectivity index (χ1n) is 4.36. The molecule has 4 heteroatoms. The van der Waals surface area contributed by atoms with Gasteiger partial charge in [-0.3, -0.25) is 0 Å². The lowest BCUT2D eigenvalue weighted by Gasteiger charge is -2.06. The van der Waals surface area contributed by atoms with Gasteiger partial charge in [-0.05, 0) is 17.7 Å². The van der Waals surface area contributed by atoms with Crippen molar-refractivity contribution in [1.29, 1.82) is 0 Å². The van der Waals surface area contributed by atoms with Gasteiger partial charge in [0.25, 0.3) is 0 Å². The van der Waals surface area contributed by atoms with Gasteiger partial charge in [0.15, 0.2) is 0 Å². The fraction of sp³-hybridized carbons (Fsp3) is 0.200. The number of aliphatic hydroxyl groups is 1. The van der Waals surface area contributed by atoms with Crippen molar-refractivity contribution in [3.8, 4) is 0 Å². The molecule has 1 aromatic heterocycles. The molecule has 0 spiro atoms. The third kappa shape index (κ3) is 1.45. The van der Waals surface area contributed by atoms with E-state index < -0.39 is 0 Å². The largest absolute Gasteiger partial charge is 0.394 e. The molecule has 74 valence electrons. The molecule has 3 nitrogen and oxygen atoms in total. The molecule has 1 unspecified atom stereocenters. The highest BCUT2D eigenvalue weighted by molar-refractivity contribution is 9.10. The zero-order valence-electron chi connectivity index (χ0n) is 7.50. The fourth-order valence-electron chi connectivity index (χ4n) is 1.56. The molecule has 0 fully saturated rings. The SMILES string of the molecule is NC(CO)c1c[nH]c2cccc(Br)c12. The van der Waals surface area contributed by atoms with Gasteiger partial charge < -0.3 is 15.8 Å². The van der Waals surface area contributed by atoms with E-state index in [1.165, 1.54) is 0 Å².